The Bertz CT molecular complexity index is 457. The maximum absolute atomic E-state index is 13.0. The number of rotatable bonds is 2. The summed E-state index contributed by atoms with van der Waals surface area (Å²) in [6, 6.07) is 0. The van der Waals surface area contributed by atoms with Crippen molar-refractivity contribution in [2.24, 2.45) is 11.1 Å². The highest BCUT2D eigenvalue weighted by atomic mass is 32.2. The third kappa shape index (κ3) is 3.42. The van der Waals surface area contributed by atoms with Crippen LogP contribution in [0.4, 0.5) is 8.78 Å². The van der Waals surface area contributed by atoms with Crippen LogP contribution in [-0.4, -0.2) is 43.5 Å². The molecule has 2 rings (SSSR count). The van der Waals surface area contributed by atoms with E-state index in [0.717, 1.165) is 0 Å². The first kappa shape index (κ1) is 14.6. The van der Waals surface area contributed by atoms with Gasteiger partial charge in [-0.1, -0.05) is 0 Å². The number of likely N-dealkylation sites (tertiary alicyclic amines) is 1. The predicted molar refractivity (Wildman–Crippen MR) is 65.0 cm³/mol. The van der Waals surface area contributed by atoms with E-state index in [4.69, 9.17) is 5.14 Å². The second-order valence-electron chi connectivity index (χ2n) is 5.41. The number of primary sulfonamides is 1. The molecule has 2 aliphatic rings. The van der Waals surface area contributed by atoms with E-state index in [1.807, 2.05) is 0 Å². The highest BCUT2D eigenvalue weighted by Gasteiger charge is 2.41. The summed E-state index contributed by atoms with van der Waals surface area (Å²) in [5.74, 6) is -3.27. The predicted octanol–water partition coefficient (Wildman–Crippen LogP) is 0.701. The summed E-state index contributed by atoms with van der Waals surface area (Å²) in [5.41, 5.74) is 0. The molecule has 8 heteroatoms. The van der Waals surface area contributed by atoms with Crippen molar-refractivity contribution >= 4 is 15.9 Å². The number of nitrogens with zero attached hydrogens (tertiary/aromatic N) is 1. The molecular weight excluding hydrogens is 278 g/mol. The molecule has 1 amide bonds. The van der Waals surface area contributed by atoms with Crippen molar-refractivity contribution in [3.05, 3.63) is 0 Å². The third-order valence-corrected chi connectivity index (χ3v) is 5.30. The quantitative estimate of drug-likeness (QED) is 0.814. The van der Waals surface area contributed by atoms with Gasteiger partial charge in [0.2, 0.25) is 21.9 Å². The van der Waals surface area contributed by atoms with Gasteiger partial charge < -0.3 is 4.90 Å². The monoisotopic (exact) mass is 296 g/mol. The first-order valence-corrected chi connectivity index (χ1v) is 7.98. The minimum absolute atomic E-state index is 0.0879. The Morgan fingerprint density at radius 2 is 1.79 bits per heavy atom. The fourth-order valence-electron chi connectivity index (χ4n) is 2.74. The molecule has 1 atom stereocenters. The lowest BCUT2D eigenvalue weighted by Gasteiger charge is -2.30. The molecule has 110 valence electrons. The van der Waals surface area contributed by atoms with Crippen LogP contribution in [-0.2, 0) is 14.8 Å². The second-order valence-corrected chi connectivity index (χ2v) is 7.26. The number of carbonyl (C=O) groups excluding carboxylic acids is 1. The molecule has 0 aromatic heterocycles. The van der Waals surface area contributed by atoms with E-state index < -0.39 is 27.1 Å². The molecule has 0 bridgehead atoms. The van der Waals surface area contributed by atoms with Crippen molar-refractivity contribution < 1.29 is 22.0 Å². The summed E-state index contributed by atoms with van der Waals surface area (Å²) in [7, 11) is -3.63. The summed E-state index contributed by atoms with van der Waals surface area (Å²) in [4.78, 5) is 13.6. The summed E-state index contributed by atoms with van der Waals surface area (Å²) < 4.78 is 48.4. The molecule has 2 fully saturated rings. The lowest BCUT2D eigenvalue weighted by molar-refractivity contribution is -0.138. The number of alkyl halides is 2. The normalized spacial score (nSPS) is 28.6. The Hall–Kier alpha value is -0.760. The summed E-state index contributed by atoms with van der Waals surface area (Å²) in [6.45, 7) is 0.428. The maximum Gasteiger partial charge on any atom is 0.248 e. The summed E-state index contributed by atoms with van der Waals surface area (Å²) in [6.07, 6.45) is 0.129. The van der Waals surface area contributed by atoms with E-state index in [2.05, 4.69) is 0 Å². The molecule has 1 saturated carbocycles. The largest absolute Gasteiger partial charge is 0.341 e. The van der Waals surface area contributed by atoms with Gasteiger partial charge in [0.05, 0.1) is 5.25 Å². The standard InChI is InChI=1S/C11H18F2N2O3S/c12-11(13)4-1-8(2-5-11)10(16)15-6-3-9(7-15)19(14,17)18/h8-9H,1-7H2,(H2,14,17,18)/t9-/m0/s1. The Morgan fingerprint density at radius 1 is 1.21 bits per heavy atom. The first-order valence-electron chi connectivity index (χ1n) is 6.37. The van der Waals surface area contributed by atoms with Gasteiger partial charge in [-0.25, -0.2) is 22.3 Å². The molecule has 1 heterocycles. The smallest absolute Gasteiger partial charge is 0.248 e. The third-order valence-electron chi connectivity index (χ3n) is 3.99. The fraction of sp³-hybridized carbons (Fsp3) is 0.909. The van der Waals surface area contributed by atoms with Gasteiger partial charge >= 0.3 is 0 Å². The van der Waals surface area contributed by atoms with Gasteiger partial charge in [-0.3, -0.25) is 4.79 Å². The number of carbonyl (C=O) groups is 1. The molecule has 0 aromatic rings. The summed E-state index contributed by atoms with van der Waals surface area (Å²) in [5, 5.41) is 4.33. The molecule has 0 spiro atoms. The van der Waals surface area contributed by atoms with Crippen LogP contribution in [0.1, 0.15) is 32.1 Å². The SMILES string of the molecule is NS(=O)(=O)[C@H]1CCN(C(=O)C2CCC(F)(F)CC2)C1. The van der Waals surface area contributed by atoms with E-state index in [0.29, 0.717) is 13.0 Å². The van der Waals surface area contributed by atoms with Crippen LogP contribution in [0.3, 0.4) is 0 Å². The van der Waals surface area contributed by atoms with E-state index in [-0.39, 0.29) is 38.1 Å². The topological polar surface area (TPSA) is 80.5 Å². The molecule has 0 aromatic carbocycles. The van der Waals surface area contributed by atoms with E-state index in [1.54, 1.807) is 0 Å². The van der Waals surface area contributed by atoms with Crippen LogP contribution in [0.15, 0.2) is 0 Å². The molecule has 0 unspecified atom stereocenters. The Morgan fingerprint density at radius 3 is 2.26 bits per heavy atom. The Balaban J connectivity index is 1.92. The summed E-state index contributed by atoms with van der Waals surface area (Å²) >= 11 is 0. The van der Waals surface area contributed by atoms with Crippen LogP contribution < -0.4 is 5.14 Å². The molecule has 2 N–H and O–H groups in total. The Kier molecular flexibility index (Phi) is 3.83. The average molecular weight is 296 g/mol. The molecule has 0 radical (unpaired) electrons. The van der Waals surface area contributed by atoms with Gasteiger partial charge in [0.15, 0.2) is 0 Å². The lowest BCUT2D eigenvalue weighted by atomic mass is 9.86. The van der Waals surface area contributed by atoms with Crippen molar-refractivity contribution in [3.8, 4) is 0 Å². The van der Waals surface area contributed by atoms with Crippen molar-refractivity contribution in [2.75, 3.05) is 13.1 Å². The van der Waals surface area contributed by atoms with Crippen LogP contribution in [0, 0.1) is 5.92 Å². The Labute approximate surface area is 111 Å². The van der Waals surface area contributed by atoms with Crippen LogP contribution in [0.2, 0.25) is 0 Å². The van der Waals surface area contributed by atoms with Gasteiger partial charge in [-0.05, 0) is 19.3 Å². The maximum atomic E-state index is 13.0. The molecule has 19 heavy (non-hydrogen) atoms. The number of hydrogen-bond acceptors (Lipinski definition) is 3. The highest BCUT2D eigenvalue weighted by molar-refractivity contribution is 7.89. The van der Waals surface area contributed by atoms with Crippen molar-refractivity contribution in [1.29, 1.82) is 0 Å². The number of sulfonamides is 1. The lowest BCUT2D eigenvalue weighted by Crippen LogP contribution is -2.40. The van der Waals surface area contributed by atoms with E-state index in [9.17, 15) is 22.0 Å². The van der Waals surface area contributed by atoms with Gasteiger partial charge in [-0.2, -0.15) is 0 Å². The van der Waals surface area contributed by atoms with Crippen molar-refractivity contribution in [3.63, 3.8) is 0 Å². The fourth-order valence-corrected chi connectivity index (χ4v) is 3.56. The van der Waals surface area contributed by atoms with Gasteiger partial charge in [0.1, 0.15) is 0 Å². The minimum atomic E-state index is -3.63. The van der Waals surface area contributed by atoms with Crippen LogP contribution in [0.5, 0.6) is 0 Å². The zero-order valence-electron chi connectivity index (χ0n) is 10.5. The zero-order valence-corrected chi connectivity index (χ0v) is 11.3. The number of nitrogens with two attached hydrogens (primary N) is 1. The average Bonchev–Trinajstić information content (AvgIpc) is 2.77. The molecule has 1 aliphatic carbocycles. The first-order chi connectivity index (χ1) is 8.69. The van der Waals surface area contributed by atoms with Crippen LogP contribution >= 0.6 is 0 Å². The number of amides is 1. The second kappa shape index (κ2) is 4.97. The van der Waals surface area contributed by atoms with Crippen molar-refractivity contribution in [2.45, 2.75) is 43.3 Å². The zero-order chi connectivity index (χ0) is 14.3. The van der Waals surface area contributed by atoms with Gasteiger partial charge in [0.25, 0.3) is 0 Å². The number of halogens is 2. The van der Waals surface area contributed by atoms with E-state index in [1.165, 1.54) is 4.90 Å². The van der Waals surface area contributed by atoms with Gasteiger partial charge in [-0.15, -0.1) is 0 Å². The molecule has 1 saturated heterocycles. The van der Waals surface area contributed by atoms with Crippen molar-refractivity contribution in [1.82, 2.24) is 4.90 Å². The van der Waals surface area contributed by atoms with Gasteiger partial charge in [0, 0.05) is 31.8 Å². The minimum Gasteiger partial charge on any atom is -0.341 e. The molecule has 5 nitrogen and oxygen atoms in total. The molecule has 1 aliphatic heterocycles. The highest BCUT2D eigenvalue weighted by Crippen LogP contribution is 2.37. The number of hydrogen-bond donors (Lipinski definition) is 1. The van der Waals surface area contributed by atoms with Crippen LogP contribution in [0.25, 0.3) is 0 Å². The molecular formula is C11H18F2N2O3S. The van der Waals surface area contributed by atoms with E-state index >= 15 is 0 Å².